The molecule has 0 aliphatic carbocycles. The van der Waals surface area contributed by atoms with Crippen LogP contribution < -0.4 is 0 Å². The minimum atomic E-state index is 0.527. The van der Waals surface area contributed by atoms with Crippen LogP contribution in [0.25, 0.3) is 5.78 Å². The number of likely N-dealkylation sites (tertiary alicyclic amines) is 1. The summed E-state index contributed by atoms with van der Waals surface area (Å²) in [6.45, 7) is 7.09. The summed E-state index contributed by atoms with van der Waals surface area (Å²) in [5, 5.41) is 4.37. The van der Waals surface area contributed by atoms with Gasteiger partial charge >= 0.3 is 0 Å². The van der Waals surface area contributed by atoms with E-state index in [1.54, 1.807) is 0 Å². The lowest BCUT2D eigenvalue weighted by molar-refractivity contribution is 0.120. The first-order valence-electron chi connectivity index (χ1n) is 8.73. The molecule has 4 heterocycles. The number of hydrogen-bond acceptors (Lipinski definition) is 4. The number of fused-ring (bicyclic) bond motifs is 1. The van der Waals surface area contributed by atoms with E-state index in [4.69, 9.17) is 4.98 Å². The van der Waals surface area contributed by atoms with Gasteiger partial charge in [-0.2, -0.15) is 5.10 Å². The molecule has 1 saturated heterocycles. The molecule has 1 aliphatic heterocycles. The lowest BCUT2D eigenvalue weighted by atomic mass is 10.0. The van der Waals surface area contributed by atoms with Crippen molar-refractivity contribution in [1.29, 1.82) is 0 Å². The molecule has 0 spiro atoms. The summed E-state index contributed by atoms with van der Waals surface area (Å²) in [6, 6.07) is 4.62. The maximum Gasteiger partial charge on any atom is 0.234 e. The van der Waals surface area contributed by atoms with Crippen molar-refractivity contribution in [2.45, 2.75) is 52.2 Å². The van der Waals surface area contributed by atoms with Crippen LogP contribution in [0.4, 0.5) is 0 Å². The van der Waals surface area contributed by atoms with E-state index in [0.717, 1.165) is 36.8 Å². The molecule has 0 aromatic carbocycles. The lowest BCUT2D eigenvalue weighted by Gasteiger charge is -2.35. The zero-order valence-electron chi connectivity index (χ0n) is 14.4. The quantitative estimate of drug-likeness (QED) is 0.740. The highest BCUT2D eigenvalue weighted by Gasteiger charge is 2.24. The van der Waals surface area contributed by atoms with Crippen molar-refractivity contribution in [2.24, 2.45) is 0 Å². The molecule has 1 atom stereocenters. The van der Waals surface area contributed by atoms with Crippen molar-refractivity contribution in [2.75, 3.05) is 6.54 Å². The Morgan fingerprint density at radius 3 is 2.96 bits per heavy atom. The van der Waals surface area contributed by atoms with Crippen molar-refractivity contribution in [1.82, 2.24) is 29.0 Å². The van der Waals surface area contributed by atoms with E-state index >= 15 is 0 Å². The normalized spacial score (nSPS) is 19.2. The molecule has 0 N–H and O–H groups in total. The third-order valence-corrected chi connectivity index (χ3v) is 4.88. The maximum atomic E-state index is 4.75. The van der Waals surface area contributed by atoms with Gasteiger partial charge in [-0.25, -0.2) is 9.97 Å². The number of rotatable bonds is 4. The van der Waals surface area contributed by atoms with Gasteiger partial charge < -0.3 is 0 Å². The van der Waals surface area contributed by atoms with Gasteiger partial charge in [-0.05, 0) is 45.4 Å². The number of piperidine rings is 1. The second kappa shape index (κ2) is 6.36. The van der Waals surface area contributed by atoms with Crippen LogP contribution in [0.15, 0.2) is 30.7 Å². The third-order valence-electron chi connectivity index (χ3n) is 4.88. The van der Waals surface area contributed by atoms with Gasteiger partial charge in [0.05, 0.1) is 12.2 Å². The van der Waals surface area contributed by atoms with Gasteiger partial charge in [-0.15, -0.1) is 0 Å². The van der Waals surface area contributed by atoms with Crippen LogP contribution in [0.5, 0.6) is 0 Å². The molecule has 0 radical (unpaired) electrons. The van der Waals surface area contributed by atoms with Crippen molar-refractivity contribution in [3.8, 4) is 0 Å². The maximum absolute atomic E-state index is 4.75. The monoisotopic (exact) mass is 324 g/mol. The van der Waals surface area contributed by atoms with Gasteiger partial charge in [0.2, 0.25) is 5.78 Å². The average molecular weight is 324 g/mol. The molecule has 1 unspecified atom stereocenters. The SMILES string of the molecule is Cc1cc(C)n2cc(CN3CCCCC3Cn3cccn3)nc2n1. The van der Waals surface area contributed by atoms with Gasteiger partial charge in [0.15, 0.2) is 0 Å². The number of aromatic nitrogens is 5. The molecule has 126 valence electrons. The first-order chi connectivity index (χ1) is 11.7. The highest BCUT2D eigenvalue weighted by atomic mass is 15.3. The molecule has 4 rings (SSSR count). The summed E-state index contributed by atoms with van der Waals surface area (Å²) in [4.78, 5) is 11.8. The number of nitrogens with zero attached hydrogens (tertiary/aromatic N) is 6. The molecule has 6 nitrogen and oxygen atoms in total. The Kier molecular flexibility index (Phi) is 4.06. The van der Waals surface area contributed by atoms with E-state index in [2.05, 4.69) is 38.6 Å². The molecular formula is C18H24N6. The topological polar surface area (TPSA) is 51.2 Å². The molecule has 0 saturated carbocycles. The minimum absolute atomic E-state index is 0.527. The minimum Gasteiger partial charge on any atom is -0.293 e. The van der Waals surface area contributed by atoms with E-state index in [0.29, 0.717) is 6.04 Å². The largest absolute Gasteiger partial charge is 0.293 e. The van der Waals surface area contributed by atoms with Crippen LogP contribution in [0.2, 0.25) is 0 Å². The molecule has 3 aromatic heterocycles. The van der Waals surface area contributed by atoms with Crippen molar-refractivity contribution in [3.63, 3.8) is 0 Å². The second-order valence-electron chi connectivity index (χ2n) is 6.79. The Morgan fingerprint density at radius 1 is 1.21 bits per heavy atom. The average Bonchev–Trinajstić information content (AvgIpc) is 3.19. The molecular weight excluding hydrogens is 300 g/mol. The van der Waals surface area contributed by atoms with Gasteiger partial charge in [-0.3, -0.25) is 14.0 Å². The summed E-state index contributed by atoms with van der Waals surface area (Å²) in [5.41, 5.74) is 3.30. The van der Waals surface area contributed by atoms with Crippen LogP contribution in [0, 0.1) is 13.8 Å². The summed E-state index contributed by atoms with van der Waals surface area (Å²) in [7, 11) is 0. The van der Waals surface area contributed by atoms with Crippen molar-refractivity contribution in [3.05, 3.63) is 47.8 Å². The van der Waals surface area contributed by atoms with Crippen LogP contribution in [-0.4, -0.2) is 41.6 Å². The standard InChI is InChI=1S/C18H24N6/c1-14-10-15(2)24-12-16(21-18(24)20-14)11-22-8-4-3-6-17(22)13-23-9-5-7-19-23/h5,7,9-10,12,17H,3-4,6,8,11,13H2,1-2H3. The molecule has 1 aliphatic rings. The van der Waals surface area contributed by atoms with E-state index < -0.39 is 0 Å². The molecule has 24 heavy (non-hydrogen) atoms. The Balaban J connectivity index is 1.55. The number of imidazole rings is 1. The van der Waals surface area contributed by atoms with Crippen LogP contribution in [-0.2, 0) is 13.1 Å². The van der Waals surface area contributed by atoms with Gasteiger partial charge in [0.1, 0.15) is 0 Å². The van der Waals surface area contributed by atoms with Crippen LogP contribution >= 0.6 is 0 Å². The van der Waals surface area contributed by atoms with Crippen molar-refractivity contribution < 1.29 is 0 Å². The summed E-state index contributed by atoms with van der Waals surface area (Å²) in [6.07, 6.45) is 9.83. The smallest absolute Gasteiger partial charge is 0.234 e. The van der Waals surface area contributed by atoms with Crippen LogP contribution in [0.1, 0.15) is 36.3 Å². The second-order valence-corrected chi connectivity index (χ2v) is 6.79. The Hall–Kier alpha value is -2.21. The van der Waals surface area contributed by atoms with Gasteiger partial charge in [0.25, 0.3) is 0 Å². The predicted octanol–water partition coefficient (Wildman–Crippen LogP) is 2.60. The Bertz CT molecular complexity index is 820. The van der Waals surface area contributed by atoms with Gasteiger partial charge in [0, 0.05) is 42.6 Å². The zero-order chi connectivity index (χ0) is 16.5. The summed E-state index contributed by atoms with van der Waals surface area (Å²) in [5.74, 6) is 0.808. The fourth-order valence-corrected chi connectivity index (χ4v) is 3.70. The number of aryl methyl sites for hydroxylation is 2. The summed E-state index contributed by atoms with van der Waals surface area (Å²) >= 11 is 0. The Morgan fingerprint density at radius 2 is 2.12 bits per heavy atom. The van der Waals surface area contributed by atoms with E-state index in [1.807, 2.05) is 30.1 Å². The van der Waals surface area contributed by atoms with E-state index in [9.17, 15) is 0 Å². The predicted molar refractivity (Wildman–Crippen MR) is 92.7 cm³/mol. The molecule has 6 heteroatoms. The molecule has 0 amide bonds. The fourth-order valence-electron chi connectivity index (χ4n) is 3.70. The first kappa shape index (κ1) is 15.3. The number of hydrogen-bond donors (Lipinski definition) is 0. The van der Waals surface area contributed by atoms with Gasteiger partial charge in [-0.1, -0.05) is 6.42 Å². The first-order valence-corrected chi connectivity index (χ1v) is 8.73. The Labute approximate surface area is 142 Å². The van der Waals surface area contributed by atoms with E-state index in [1.165, 1.54) is 25.0 Å². The molecule has 3 aromatic rings. The van der Waals surface area contributed by atoms with Crippen LogP contribution in [0.3, 0.4) is 0 Å². The molecule has 0 bridgehead atoms. The third kappa shape index (κ3) is 3.06. The lowest BCUT2D eigenvalue weighted by Crippen LogP contribution is -2.41. The summed E-state index contributed by atoms with van der Waals surface area (Å²) < 4.78 is 4.14. The highest BCUT2D eigenvalue weighted by Crippen LogP contribution is 2.21. The highest BCUT2D eigenvalue weighted by molar-refractivity contribution is 5.34. The zero-order valence-corrected chi connectivity index (χ0v) is 14.4. The molecule has 1 fully saturated rings. The van der Waals surface area contributed by atoms with Crippen molar-refractivity contribution >= 4 is 5.78 Å². The fraction of sp³-hybridized carbons (Fsp3) is 0.500. The van der Waals surface area contributed by atoms with E-state index in [-0.39, 0.29) is 0 Å².